The van der Waals surface area contributed by atoms with E-state index in [9.17, 15) is 9.59 Å². The highest BCUT2D eigenvalue weighted by atomic mass is 32.1. The van der Waals surface area contributed by atoms with Crippen molar-refractivity contribution in [2.75, 3.05) is 19.6 Å². The van der Waals surface area contributed by atoms with Gasteiger partial charge in [-0.3, -0.25) is 13.9 Å². The molecule has 1 aliphatic heterocycles. The first-order valence-corrected chi connectivity index (χ1v) is 12.6. The van der Waals surface area contributed by atoms with Gasteiger partial charge in [-0.25, -0.2) is 4.79 Å². The zero-order chi connectivity index (χ0) is 19.8. The van der Waals surface area contributed by atoms with E-state index in [1.165, 1.54) is 42.5 Å². The molecule has 0 atom stereocenters. The van der Waals surface area contributed by atoms with E-state index in [1.54, 1.807) is 15.9 Å². The number of hydrogen-bond acceptors (Lipinski definition) is 4. The predicted octanol–water partition coefficient (Wildman–Crippen LogP) is 4.09. The Morgan fingerprint density at radius 1 is 0.828 bits per heavy atom. The molecule has 0 amide bonds. The standard InChI is InChI=1S/C23H33N3O2S/c27-21-20-18-11-5-2-6-12-19(18)29-22(20)25(16-15-24-13-7-8-14-24)23(28)26(21)17-9-3-1-4-10-17/h17H,1-16H2. The van der Waals surface area contributed by atoms with Gasteiger partial charge in [0.1, 0.15) is 4.83 Å². The smallest absolute Gasteiger partial charge is 0.302 e. The summed E-state index contributed by atoms with van der Waals surface area (Å²) in [6, 6.07) is 0.0903. The molecule has 2 aromatic rings. The van der Waals surface area contributed by atoms with Crippen molar-refractivity contribution in [2.45, 2.75) is 89.6 Å². The number of hydrogen-bond donors (Lipinski definition) is 0. The van der Waals surface area contributed by atoms with E-state index >= 15 is 0 Å². The van der Waals surface area contributed by atoms with Gasteiger partial charge in [0.15, 0.2) is 0 Å². The molecule has 5 rings (SSSR count). The molecule has 1 saturated carbocycles. The predicted molar refractivity (Wildman–Crippen MR) is 119 cm³/mol. The minimum Gasteiger partial charge on any atom is -0.302 e. The van der Waals surface area contributed by atoms with Crippen LogP contribution in [-0.4, -0.2) is 33.7 Å². The second kappa shape index (κ2) is 8.38. The maximum atomic E-state index is 13.7. The number of nitrogens with zero attached hydrogens (tertiary/aromatic N) is 3. The topological polar surface area (TPSA) is 47.2 Å². The zero-order valence-electron chi connectivity index (χ0n) is 17.5. The van der Waals surface area contributed by atoms with Crippen LogP contribution in [0.5, 0.6) is 0 Å². The normalized spacial score (nSPS) is 21.5. The molecule has 3 heterocycles. The Labute approximate surface area is 176 Å². The van der Waals surface area contributed by atoms with E-state index in [4.69, 9.17) is 0 Å². The van der Waals surface area contributed by atoms with Gasteiger partial charge in [0.2, 0.25) is 0 Å². The highest BCUT2D eigenvalue weighted by molar-refractivity contribution is 7.18. The molecular formula is C23H33N3O2S. The molecule has 1 saturated heterocycles. The van der Waals surface area contributed by atoms with Crippen molar-refractivity contribution in [3.63, 3.8) is 0 Å². The van der Waals surface area contributed by atoms with Gasteiger partial charge in [-0.1, -0.05) is 25.7 Å². The third-order valence-corrected chi connectivity index (χ3v) is 8.61. The maximum Gasteiger partial charge on any atom is 0.332 e. The van der Waals surface area contributed by atoms with E-state index in [2.05, 4.69) is 4.90 Å². The Balaban J connectivity index is 1.65. The minimum atomic E-state index is -0.0509. The number of likely N-dealkylation sites (tertiary alicyclic amines) is 1. The largest absolute Gasteiger partial charge is 0.332 e. The lowest BCUT2D eigenvalue weighted by atomic mass is 9.95. The zero-order valence-corrected chi connectivity index (χ0v) is 18.3. The van der Waals surface area contributed by atoms with Gasteiger partial charge in [0, 0.05) is 24.0 Å². The Morgan fingerprint density at radius 2 is 1.55 bits per heavy atom. The molecule has 6 heteroatoms. The monoisotopic (exact) mass is 415 g/mol. The number of fused-ring (bicyclic) bond motifs is 3. The van der Waals surface area contributed by atoms with Crippen LogP contribution in [0.1, 0.15) is 80.7 Å². The van der Waals surface area contributed by atoms with Crippen LogP contribution in [-0.2, 0) is 19.4 Å². The lowest BCUT2D eigenvalue weighted by molar-refractivity contribution is 0.308. The minimum absolute atomic E-state index is 0.00808. The van der Waals surface area contributed by atoms with Crippen LogP contribution in [0.4, 0.5) is 0 Å². The Kier molecular flexibility index (Phi) is 5.65. The summed E-state index contributed by atoms with van der Waals surface area (Å²) >= 11 is 1.74. The van der Waals surface area contributed by atoms with Gasteiger partial charge in [-0.15, -0.1) is 11.3 Å². The van der Waals surface area contributed by atoms with E-state index in [1.807, 2.05) is 4.57 Å². The summed E-state index contributed by atoms with van der Waals surface area (Å²) in [7, 11) is 0. The summed E-state index contributed by atoms with van der Waals surface area (Å²) in [5.74, 6) is 0. The Bertz CT molecular complexity index is 990. The third-order valence-electron chi connectivity index (χ3n) is 7.30. The fraction of sp³-hybridized carbons (Fsp3) is 0.739. The number of thiophene rings is 1. The highest BCUT2D eigenvalue weighted by Crippen LogP contribution is 2.34. The quantitative estimate of drug-likeness (QED) is 0.707. The first-order valence-electron chi connectivity index (χ1n) is 11.8. The molecule has 0 radical (unpaired) electrons. The van der Waals surface area contributed by atoms with Gasteiger partial charge in [0.05, 0.1) is 5.39 Å². The fourth-order valence-electron chi connectivity index (χ4n) is 5.67. The molecule has 3 aliphatic rings. The maximum absolute atomic E-state index is 13.7. The van der Waals surface area contributed by atoms with Gasteiger partial charge in [0.25, 0.3) is 5.56 Å². The first-order chi connectivity index (χ1) is 14.2. The van der Waals surface area contributed by atoms with E-state index in [0.717, 1.165) is 74.8 Å². The molecular weight excluding hydrogens is 382 g/mol. The molecule has 0 aromatic carbocycles. The Morgan fingerprint density at radius 3 is 2.34 bits per heavy atom. The van der Waals surface area contributed by atoms with E-state index in [0.29, 0.717) is 6.54 Å². The van der Waals surface area contributed by atoms with Gasteiger partial charge >= 0.3 is 5.69 Å². The molecule has 2 fully saturated rings. The van der Waals surface area contributed by atoms with Crippen LogP contribution in [0.25, 0.3) is 10.2 Å². The van der Waals surface area contributed by atoms with Crippen molar-refractivity contribution in [1.29, 1.82) is 0 Å². The third kappa shape index (κ3) is 3.63. The lowest BCUT2D eigenvalue weighted by Crippen LogP contribution is -2.43. The van der Waals surface area contributed by atoms with Crippen molar-refractivity contribution < 1.29 is 0 Å². The molecule has 2 aliphatic carbocycles. The molecule has 2 aromatic heterocycles. The number of rotatable bonds is 4. The molecule has 29 heavy (non-hydrogen) atoms. The summed E-state index contributed by atoms with van der Waals surface area (Å²) in [5.41, 5.74) is 1.23. The van der Waals surface area contributed by atoms with E-state index in [-0.39, 0.29) is 17.3 Å². The molecule has 0 spiro atoms. The van der Waals surface area contributed by atoms with Gasteiger partial charge in [-0.2, -0.15) is 0 Å². The fourth-order valence-corrected chi connectivity index (χ4v) is 7.07. The van der Waals surface area contributed by atoms with E-state index < -0.39 is 0 Å². The van der Waals surface area contributed by atoms with Crippen molar-refractivity contribution in [3.8, 4) is 0 Å². The summed E-state index contributed by atoms with van der Waals surface area (Å²) in [6.07, 6.45) is 13.6. The van der Waals surface area contributed by atoms with Crippen LogP contribution in [0.15, 0.2) is 9.59 Å². The molecule has 0 bridgehead atoms. The van der Waals surface area contributed by atoms with Crippen molar-refractivity contribution in [2.24, 2.45) is 0 Å². The van der Waals surface area contributed by atoms with Gasteiger partial charge in [-0.05, 0) is 70.0 Å². The number of aryl methyl sites for hydroxylation is 2. The van der Waals surface area contributed by atoms with Crippen molar-refractivity contribution in [3.05, 3.63) is 31.3 Å². The van der Waals surface area contributed by atoms with Crippen LogP contribution in [0.2, 0.25) is 0 Å². The second-order valence-electron chi connectivity index (χ2n) is 9.19. The van der Waals surface area contributed by atoms with Crippen molar-refractivity contribution >= 4 is 21.6 Å². The highest BCUT2D eigenvalue weighted by Gasteiger charge is 2.27. The Hall–Kier alpha value is -1.40. The molecule has 0 N–H and O–H groups in total. The summed E-state index contributed by atoms with van der Waals surface area (Å²) in [4.78, 5) is 32.0. The van der Waals surface area contributed by atoms with Crippen LogP contribution in [0.3, 0.4) is 0 Å². The summed E-state index contributed by atoms with van der Waals surface area (Å²) < 4.78 is 3.65. The average molecular weight is 416 g/mol. The number of aromatic nitrogens is 2. The lowest BCUT2D eigenvalue weighted by Gasteiger charge is -2.25. The summed E-state index contributed by atoms with van der Waals surface area (Å²) in [6.45, 7) is 3.91. The van der Waals surface area contributed by atoms with Gasteiger partial charge < -0.3 is 4.90 Å². The second-order valence-corrected chi connectivity index (χ2v) is 10.3. The average Bonchev–Trinajstić information content (AvgIpc) is 3.31. The molecule has 158 valence electrons. The van der Waals surface area contributed by atoms with Crippen LogP contribution < -0.4 is 11.2 Å². The SMILES string of the molecule is O=c1c2c3c(sc2n(CCN2CCCC2)c(=O)n1C1CCCCC1)CCCCC3. The first kappa shape index (κ1) is 19.6. The molecule has 5 nitrogen and oxygen atoms in total. The van der Waals surface area contributed by atoms with Crippen LogP contribution >= 0.6 is 11.3 Å². The molecule has 0 unspecified atom stereocenters. The summed E-state index contributed by atoms with van der Waals surface area (Å²) in [5, 5.41) is 0.887. The van der Waals surface area contributed by atoms with Crippen LogP contribution in [0, 0.1) is 0 Å². The van der Waals surface area contributed by atoms with Crippen molar-refractivity contribution in [1.82, 2.24) is 14.0 Å².